The molecule has 0 saturated carbocycles. The van der Waals surface area contributed by atoms with E-state index < -0.39 is 0 Å². The highest BCUT2D eigenvalue weighted by atomic mass is 35.5. The van der Waals surface area contributed by atoms with Crippen molar-refractivity contribution in [2.75, 3.05) is 18.0 Å². The predicted octanol–water partition coefficient (Wildman–Crippen LogP) is 3.62. The van der Waals surface area contributed by atoms with Crippen molar-refractivity contribution < 1.29 is 4.74 Å². The van der Waals surface area contributed by atoms with Gasteiger partial charge in [-0.15, -0.1) is 0 Å². The van der Waals surface area contributed by atoms with Gasteiger partial charge < -0.3 is 15.4 Å². The molecular formula is C17H27ClN2O. The fourth-order valence-corrected chi connectivity index (χ4v) is 3.48. The molecule has 118 valence electrons. The monoisotopic (exact) mass is 310 g/mol. The van der Waals surface area contributed by atoms with Crippen LogP contribution in [0.1, 0.15) is 40.2 Å². The predicted molar refractivity (Wildman–Crippen MR) is 90.3 cm³/mol. The number of morpholine rings is 1. The van der Waals surface area contributed by atoms with Gasteiger partial charge in [0.25, 0.3) is 0 Å². The maximum absolute atomic E-state index is 6.23. The van der Waals surface area contributed by atoms with Crippen LogP contribution in [0.25, 0.3) is 0 Å². The van der Waals surface area contributed by atoms with Crippen LogP contribution in [0.3, 0.4) is 0 Å². The number of rotatable bonds is 3. The highest BCUT2D eigenvalue weighted by Crippen LogP contribution is 2.34. The van der Waals surface area contributed by atoms with Crippen molar-refractivity contribution >= 4 is 17.3 Å². The van der Waals surface area contributed by atoms with Gasteiger partial charge in [-0.3, -0.25) is 0 Å². The van der Waals surface area contributed by atoms with Gasteiger partial charge in [0.05, 0.1) is 11.2 Å². The van der Waals surface area contributed by atoms with Crippen LogP contribution in [0.4, 0.5) is 5.69 Å². The largest absolute Gasteiger partial charge is 0.366 e. The van der Waals surface area contributed by atoms with Crippen molar-refractivity contribution in [2.24, 2.45) is 5.73 Å². The average molecular weight is 311 g/mol. The lowest BCUT2D eigenvalue weighted by molar-refractivity contribution is -0.133. The van der Waals surface area contributed by atoms with Gasteiger partial charge in [0.2, 0.25) is 0 Å². The molecule has 0 spiro atoms. The Bertz CT molecular complexity index is 496. The number of halogens is 1. The summed E-state index contributed by atoms with van der Waals surface area (Å²) in [4.78, 5) is 2.38. The van der Waals surface area contributed by atoms with E-state index in [0.717, 1.165) is 24.5 Å². The van der Waals surface area contributed by atoms with Crippen LogP contribution in [0, 0.1) is 0 Å². The standard InChI is InChI=1S/C17H27ClN2O/c1-12(19)8-13-6-7-14(18)9-15(13)20-10-16(2,3)21-17(4,5)11-20/h6-7,9,12H,8,10-11,19H2,1-5H3. The van der Waals surface area contributed by atoms with Gasteiger partial charge in [0.15, 0.2) is 0 Å². The van der Waals surface area contributed by atoms with Crippen LogP contribution in [-0.2, 0) is 11.2 Å². The summed E-state index contributed by atoms with van der Waals surface area (Å²) in [6.07, 6.45) is 0.852. The van der Waals surface area contributed by atoms with E-state index in [1.54, 1.807) is 0 Å². The molecule has 1 saturated heterocycles. The molecule has 1 aromatic rings. The van der Waals surface area contributed by atoms with Crippen LogP contribution in [0.15, 0.2) is 18.2 Å². The summed E-state index contributed by atoms with van der Waals surface area (Å²) < 4.78 is 6.16. The molecule has 1 aromatic carbocycles. The molecule has 2 rings (SSSR count). The Morgan fingerprint density at radius 2 is 1.81 bits per heavy atom. The molecule has 3 nitrogen and oxygen atoms in total. The molecule has 1 aliphatic rings. The Morgan fingerprint density at radius 1 is 1.24 bits per heavy atom. The molecule has 1 fully saturated rings. The van der Waals surface area contributed by atoms with Gasteiger partial charge in [-0.2, -0.15) is 0 Å². The van der Waals surface area contributed by atoms with Gasteiger partial charge in [0.1, 0.15) is 0 Å². The Labute approximate surface area is 133 Å². The van der Waals surface area contributed by atoms with Crippen molar-refractivity contribution in [3.63, 3.8) is 0 Å². The molecule has 1 aliphatic heterocycles. The molecule has 4 heteroatoms. The summed E-state index contributed by atoms with van der Waals surface area (Å²) in [6.45, 7) is 12.3. The smallest absolute Gasteiger partial charge is 0.0808 e. The summed E-state index contributed by atoms with van der Waals surface area (Å²) in [7, 11) is 0. The second-order valence-corrected chi connectivity index (χ2v) is 7.87. The third-order valence-electron chi connectivity index (χ3n) is 3.63. The number of benzene rings is 1. The van der Waals surface area contributed by atoms with Gasteiger partial charge in [-0.25, -0.2) is 0 Å². The molecule has 0 aromatic heterocycles. The quantitative estimate of drug-likeness (QED) is 0.926. The first kappa shape index (κ1) is 16.6. The molecule has 0 radical (unpaired) electrons. The number of hydrogen-bond acceptors (Lipinski definition) is 3. The van der Waals surface area contributed by atoms with Crippen molar-refractivity contribution in [3.05, 3.63) is 28.8 Å². The fraction of sp³-hybridized carbons (Fsp3) is 0.647. The van der Waals surface area contributed by atoms with Crippen LogP contribution in [0.2, 0.25) is 5.02 Å². The number of ether oxygens (including phenoxy) is 1. The molecule has 21 heavy (non-hydrogen) atoms. The van der Waals surface area contributed by atoms with E-state index in [-0.39, 0.29) is 17.2 Å². The van der Waals surface area contributed by atoms with Gasteiger partial charge in [-0.05, 0) is 58.7 Å². The van der Waals surface area contributed by atoms with E-state index in [2.05, 4.69) is 44.7 Å². The normalized spacial score (nSPS) is 22.1. The Hall–Kier alpha value is -0.770. The summed E-state index contributed by atoms with van der Waals surface area (Å²) in [5.74, 6) is 0. The Morgan fingerprint density at radius 3 is 2.33 bits per heavy atom. The number of nitrogens with zero attached hydrogens (tertiary/aromatic N) is 1. The number of nitrogens with two attached hydrogens (primary N) is 1. The highest BCUT2D eigenvalue weighted by Gasteiger charge is 2.38. The first-order chi connectivity index (χ1) is 9.58. The third kappa shape index (κ3) is 4.35. The van der Waals surface area contributed by atoms with E-state index >= 15 is 0 Å². The minimum absolute atomic E-state index is 0.131. The van der Waals surface area contributed by atoms with Gasteiger partial charge in [0, 0.05) is 29.8 Å². The maximum atomic E-state index is 6.23. The van der Waals surface area contributed by atoms with Gasteiger partial charge in [-0.1, -0.05) is 17.7 Å². The zero-order chi connectivity index (χ0) is 15.8. The van der Waals surface area contributed by atoms with Crippen molar-refractivity contribution in [3.8, 4) is 0 Å². The second-order valence-electron chi connectivity index (χ2n) is 7.43. The molecule has 1 unspecified atom stereocenters. The number of hydrogen-bond donors (Lipinski definition) is 1. The van der Waals surface area contributed by atoms with Gasteiger partial charge >= 0.3 is 0 Å². The lowest BCUT2D eigenvalue weighted by atomic mass is 9.96. The Balaban J connectivity index is 2.37. The van der Waals surface area contributed by atoms with Crippen molar-refractivity contribution in [1.82, 2.24) is 0 Å². The SMILES string of the molecule is CC(N)Cc1ccc(Cl)cc1N1CC(C)(C)OC(C)(C)C1. The van der Waals surface area contributed by atoms with E-state index in [9.17, 15) is 0 Å². The third-order valence-corrected chi connectivity index (χ3v) is 3.86. The Kier molecular flexibility index (Phi) is 4.57. The minimum atomic E-state index is -0.185. The molecule has 1 heterocycles. The molecule has 2 N–H and O–H groups in total. The average Bonchev–Trinajstić information content (AvgIpc) is 2.26. The second kappa shape index (κ2) is 5.79. The maximum Gasteiger partial charge on any atom is 0.0808 e. The van der Waals surface area contributed by atoms with Crippen molar-refractivity contribution in [2.45, 2.75) is 58.3 Å². The summed E-state index contributed by atoms with van der Waals surface area (Å²) in [5.41, 5.74) is 8.06. The minimum Gasteiger partial charge on any atom is -0.366 e. The molecule has 0 bridgehead atoms. The van der Waals surface area contributed by atoms with E-state index in [4.69, 9.17) is 22.1 Å². The van der Waals surface area contributed by atoms with Crippen molar-refractivity contribution in [1.29, 1.82) is 0 Å². The zero-order valence-electron chi connectivity index (χ0n) is 13.7. The summed E-state index contributed by atoms with van der Waals surface area (Å²) >= 11 is 6.23. The number of anilines is 1. The topological polar surface area (TPSA) is 38.5 Å². The van der Waals surface area contributed by atoms with E-state index in [1.807, 2.05) is 13.0 Å². The fourth-order valence-electron chi connectivity index (χ4n) is 3.31. The van der Waals surface area contributed by atoms with E-state index in [0.29, 0.717) is 0 Å². The van der Waals surface area contributed by atoms with Crippen LogP contribution < -0.4 is 10.6 Å². The zero-order valence-corrected chi connectivity index (χ0v) is 14.5. The molecular weight excluding hydrogens is 284 g/mol. The van der Waals surface area contributed by atoms with Crippen LogP contribution in [-0.4, -0.2) is 30.3 Å². The van der Waals surface area contributed by atoms with E-state index in [1.165, 1.54) is 11.3 Å². The van der Waals surface area contributed by atoms with Crippen LogP contribution >= 0.6 is 11.6 Å². The van der Waals surface area contributed by atoms with Crippen LogP contribution in [0.5, 0.6) is 0 Å². The first-order valence-electron chi connectivity index (χ1n) is 7.57. The first-order valence-corrected chi connectivity index (χ1v) is 7.95. The molecule has 0 aliphatic carbocycles. The molecule has 1 atom stereocenters. The summed E-state index contributed by atoms with van der Waals surface area (Å²) in [6, 6.07) is 6.22. The lowest BCUT2D eigenvalue weighted by Gasteiger charge is -2.48. The molecule has 0 amide bonds. The summed E-state index contributed by atoms with van der Waals surface area (Å²) in [5, 5.41) is 0.764. The lowest BCUT2D eigenvalue weighted by Crippen LogP contribution is -2.57. The highest BCUT2D eigenvalue weighted by molar-refractivity contribution is 6.30.